The van der Waals surface area contributed by atoms with Crippen LogP contribution in [0.2, 0.25) is 0 Å². The van der Waals surface area contributed by atoms with E-state index < -0.39 is 4.92 Å². The molecule has 0 bridgehead atoms. The van der Waals surface area contributed by atoms with Gasteiger partial charge in [-0.25, -0.2) is 15.4 Å². The molecule has 1 aromatic heterocycles. The average Bonchev–Trinajstić information content (AvgIpc) is 2.83. The van der Waals surface area contributed by atoms with Gasteiger partial charge < -0.3 is 0 Å². The Kier molecular flexibility index (Phi) is 5.75. The lowest BCUT2D eigenvalue weighted by Crippen LogP contribution is -2.04. The zero-order valence-electron chi connectivity index (χ0n) is 16.8. The molecule has 0 aliphatic carbocycles. The topological polar surface area (TPSA) is 93.3 Å². The Balaban J connectivity index is 1.70. The van der Waals surface area contributed by atoms with Gasteiger partial charge in [-0.3, -0.25) is 10.1 Å². The molecule has 152 valence electrons. The van der Waals surface area contributed by atoms with Crippen LogP contribution in [0.1, 0.15) is 12.5 Å². The summed E-state index contributed by atoms with van der Waals surface area (Å²) in [6.07, 6.45) is 0. The Morgan fingerprint density at radius 3 is 1.97 bits per heavy atom. The molecule has 4 aromatic rings. The summed E-state index contributed by atoms with van der Waals surface area (Å²) >= 11 is 0. The normalized spacial score (nSPS) is 11.2. The Hall–Kier alpha value is -4.39. The fourth-order valence-corrected chi connectivity index (χ4v) is 3.05. The third-order valence-corrected chi connectivity index (χ3v) is 4.66. The minimum Gasteiger partial charge on any atom is -0.258 e. The van der Waals surface area contributed by atoms with Crippen molar-refractivity contribution >= 4 is 17.3 Å². The number of aromatic nitrogens is 2. The number of nitro groups is 1. The quantitative estimate of drug-likeness (QED) is 0.256. The molecule has 0 fully saturated rings. The highest BCUT2D eigenvalue weighted by Crippen LogP contribution is 2.25. The predicted octanol–water partition coefficient (Wildman–Crippen LogP) is 5.55. The van der Waals surface area contributed by atoms with E-state index in [1.807, 2.05) is 66.7 Å². The van der Waals surface area contributed by atoms with Crippen molar-refractivity contribution in [1.82, 2.24) is 9.97 Å². The highest BCUT2D eigenvalue weighted by molar-refractivity contribution is 5.99. The summed E-state index contributed by atoms with van der Waals surface area (Å²) in [5, 5.41) is 15.4. The molecule has 1 heterocycles. The van der Waals surface area contributed by atoms with Crippen LogP contribution in [-0.2, 0) is 0 Å². The maximum atomic E-state index is 11.0. The third-order valence-electron chi connectivity index (χ3n) is 4.66. The van der Waals surface area contributed by atoms with Crippen molar-refractivity contribution in [2.45, 2.75) is 6.92 Å². The number of non-ortho nitro benzene ring substituents is 1. The summed E-state index contributed by atoms with van der Waals surface area (Å²) in [5.41, 5.74) is 7.60. The molecule has 0 saturated carbocycles. The second-order valence-electron chi connectivity index (χ2n) is 6.81. The van der Waals surface area contributed by atoms with Gasteiger partial charge in [0.25, 0.3) is 5.69 Å². The number of hydrogen-bond donors (Lipinski definition) is 1. The summed E-state index contributed by atoms with van der Waals surface area (Å²) < 4.78 is 0. The lowest BCUT2D eigenvalue weighted by Gasteiger charge is -2.09. The molecule has 4 rings (SSSR count). The molecule has 0 aliphatic rings. The van der Waals surface area contributed by atoms with Gasteiger partial charge in [-0.1, -0.05) is 72.8 Å². The number of rotatable bonds is 6. The molecule has 3 aromatic carbocycles. The minimum absolute atomic E-state index is 0.0146. The Bertz CT molecular complexity index is 1180. The van der Waals surface area contributed by atoms with Crippen molar-refractivity contribution < 1.29 is 4.92 Å². The molecule has 31 heavy (non-hydrogen) atoms. The van der Waals surface area contributed by atoms with Gasteiger partial charge in [0, 0.05) is 28.8 Å². The number of nitrogens with one attached hydrogen (secondary N) is 1. The number of nitro benzene ring substituents is 1. The van der Waals surface area contributed by atoms with Crippen molar-refractivity contribution in [3.8, 4) is 22.5 Å². The van der Waals surface area contributed by atoms with Crippen LogP contribution in [-0.4, -0.2) is 20.6 Å². The SMILES string of the molecule is C/C(=N/Nc1nc(-c2ccccc2)cc(-c2ccccc2)n1)c1cccc([N+](=O)[O-])c1. The van der Waals surface area contributed by atoms with E-state index in [1.165, 1.54) is 12.1 Å². The van der Waals surface area contributed by atoms with Gasteiger partial charge in [0.05, 0.1) is 22.0 Å². The van der Waals surface area contributed by atoms with E-state index in [9.17, 15) is 10.1 Å². The van der Waals surface area contributed by atoms with Gasteiger partial charge in [0.2, 0.25) is 5.95 Å². The largest absolute Gasteiger partial charge is 0.270 e. The fraction of sp³-hybridized carbons (Fsp3) is 0.0417. The summed E-state index contributed by atoms with van der Waals surface area (Å²) in [6, 6.07) is 27.9. The smallest absolute Gasteiger partial charge is 0.258 e. The van der Waals surface area contributed by atoms with Crippen LogP contribution in [0, 0.1) is 10.1 Å². The van der Waals surface area contributed by atoms with Crippen LogP contribution in [0.4, 0.5) is 11.6 Å². The number of nitrogens with zero attached hydrogens (tertiary/aromatic N) is 4. The number of benzene rings is 3. The summed E-state index contributed by atoms with van der Waals surface area (Å²) in [6.45, 7) is 1.77. The standard InChI is InChI=1S/C24H19N5O2/c1-17(20-13-8-14-21(15-20)29(30)31)27-28-24-25-22(18-9-4-2-5-10-18)16-23(26-24)19-11-6-3-7-12-19/h2-16H,1H3,(H,25,26,28)/b27-17-. The maximum Gasteiger partial charge on any atom is 0.270 e. The minimum atomic E-state index is -0.428. The molecule has 0 atom stereocenters. The molecular formula is C24H19N5O2. The molecule has 7 nitrogen and oxygen atoms in total. The van der Waals surface area contributed by atoms with Crippen LogP contribution in [0.25, 0.3) is 22.5 Å². The number of hydrazone groups is 1. The highest BCUT2D eigenvalue weighted by Gasteiger charge is 2.10. The molecule has 0 spiro atoms. The Morgan fingerprint density at radius 2 is 1.42 bits per heavy atom. The van der Waals surface area contributed by atoms with Crippen LogP contribution in [0.5, 0.6) is 0 Å². The van der Waals surface area contributed by atoms with Gasteiger partial charge >= 0.3 is 0 Å². The molecule has 0 aliphatic heterocycles. The molecule has 1 N–H and O–H groups in total. The monoisotopic (exact) mass is 409 g/mol. The lowest BCUT2D eigenvalue weighted by atomic mass is 10.1. The van der Waals surface area contributed by atoms with E-state index in [2.05, 4.69) is 20.5 Å². The van der Waals surface area contributed by atoms with E-state index in [-0.39, 0.29) is 5.69 Å². The van der Waals surface area contributed by atoms with E-state index in [0.29, 0.717) is 17.2 Å². The molecule has 0 saturated heterocycles. The number of hydrogen-bond acceptors (Lipinski definition) is 6. The molecule has 0 amide bonds. The zero-order chi connectivity index (χ0) is 21.6. The van der Waals surface area contributed by atoms with E-state index in [0.717, 1.165) is 22.5 Å². The van der Waals surface area contributed by atoms with Gasteiger partial charge in [0.1, 0.15) is 0 Å². The first kappa shape index (κ1) is 19.9. The van der Waals surface area contributed by atoms with Crippen LogP contribution < -0.4 is 5.43 Å². The predicted molar refractivity (Wildman–Crippen MR) is 122 cm³/mol. The second-order valence-corrected chi connectivity index (χ2v) is 6.81. The van der Waals surface area contributed by atoms with E-state index in [4.69, 9.17) is 0 Å². The lowest BCUT2D eigenvalue weighted by molar-refractivity contribution is -0.384. The first-order valence-corrected chi connectivity index (χ1v) is 9.65. The zero-order valence-corrected chi connectivity index (χ0v) is 16.8. The Morgan fingerprint density at radius 1 is 0.839 bits per heavy atom. The van der Waals surface area contributed by atoms with Crippen molar-refractivity contribution in [2.24, 2.45) is 5.10 Å². The van der Waals surface area contributed by atoms with Crippen LogP contribution in [0.15, 0.2) is 96.1 Å². The van der Waals surface area contributed by atoms with Gasteiger partial charge in [0.15, 0.2) is 0 Å². The summed E-state index contributed by atoms with van der Waals surface area (Å²) in [4.78, 5) is 19.8. The van der Waals surface area contributed by atoms with Crippen molar-refractivity contribution in [3.63, 3.8) is 0 Å². The first-order chi connectivity index (χ1) is 15.1. The third kappa shape index (κ3) is 4.79. The van der Waals surface area contributed by atoms with Gasteiger partial charge in [-0.2, -0.15) is 5.10 Å². The molecule has 7 heteroatoms. The van der Waals surface area contributed by atoms with Gasteiger partial charge in [-0.05, 0) is 13.0 Å². The summed E-state index contributed by atoms with van der Waals surface area (Å²) in [7, 11) is 0. The first-order valence-electron chi connectivity index (χ1n) is 9.65. The van der Waals surface area contributed by atoms with Crippen LogP contribution >= 0.6 is 0 Å². The van der Waals surface area contributed by atoms with Gasteiger partial charge in [-0.15, -0.1) is 0 Å². The Labute approximate surface area is 179 Å². The van der Waals surface area contributed by atoms with Crippen molar-refractivity contribution in [2.75, 3.05) is 5.43 Å². The van der Waals surface area contributed by atoms with E-state index >= 15 is 0 Å². The maximum absolute atomic E-state index is 11.0. The number of anilines is 1. The average molecular weight is 409 g/mol. The van der Waals surface area contributed by atoms with Crippen molar-refractivity contribution in [3.05, 3.63) is 107 Å². The fourth-order valence-electron chi connectivity index (χ4n) is 3.05. The van der Waals surface area contributed by atoms with Crippen molar-refractivity contribution in [1.29, 1.82) is 0 Å². The highest BCUT2D eigenvalue weighted by atomic mass is 16.6. The van der Waals surface area contributed by atoms with Crippen LogP contribution in [0.3, 0.4) is 0 Å². The molecule has 0 radical (unpaired) electrons. The molecular weight excluding hydrogens is 390 g/mol. The second kappa shape index (κ2) is 8.96. The van der Waals surface area contributed by atoms with E-state index in [1.54, 1.807) is 19.1 Å². The summed E-state index contributed by atoms with van der Waals surface area (Å²) in [5.74, 6) is 0.338. The molecule has 0 unspecified atom stereocenters.